The first kappa shape index (κ1) is 8.47. The fraction of sp³-hybridized carbons (Fsp3) is 0. The molecule has 0 radical (unpaired) electrons. The standard InChI is InChI=1S/C11H10O/c1-2-3-6-10-7-4-5-8-11(10)9-12/h2-9H,1H2. The molecule has 0 amide bonds. The summed E-state index contributed by atoms with van der Waals surface area (Å²) >= 11 is 0. The smallest absolute Gasteiger partial charge is 0.150 e. The molecular formula is C11H10O. The minimum absolute atomic E-state index is 0.704. The SMILES string of the molecule is C=CC=Cc1ccccc1C=O. The fourth-order valence-electron chi connectivity index (χ4n) is 0.942. The predicted molar refractivity (Wildman–Crippen MR) is 51.1 cm³/mol. The summed E-state index contributed by atoms with van der Waals surface area (Å²) in [5.74, 6) is 0. The van der Waals surface area contributed by atoms with Gasteiger partial charge in [0.2, 0.25) is 0 Å². The van der Waals surface area contributed by atoms with Crippen molar-refractivity contribution in [3.63, 3.8) is 0 Å². The largest absolute Gasteiger partial charge is 0.298 e. The first-order valence-corrected chi connectivity index (χ1v) is 3.72. The number of carbonyl (C=O) groups is 1. The van der Waals surface area contributed by atoms with Crippen molar-refractivity contribution in [2.75, 3.05) is 0 Å². The lowest BCUT2D eigenvalue weighted by Crippen LogP contribution is -1.83. The van der Waals surface area contributed by atoms with Gasteiger partial charge in [0, 0.05) is 5.56 Å². The molecule has 1 heteroatoms. The van der Waals surface area contributed by atoms with E-state index in [1.807, 2.05) is 30.4 Å². The second-order valence-corrected chi connectivity index (χ2v) is 2.34. The average Bonchev–Trinajstić information content (AvgIpc) is 2.15. The van der Waals surface area contributed by atoms with Crippen LogP contribution in [0.25, 0.3) is 6.08 Å². The molecule has 0 bridgehead atoms. The molecule has 1 nitrogen and oxygen atoms in total. The monoisotopic (exact) mass is 158 g/mol. The summed E-state index contributed by atoms with van der Waals surface area (Å²) in [5, 5.41) is 0. The van der Waals surface area contributed by atoms with E-state index in [1.54, 1.807) is 12.1 Å². The van der Waals surface area contributed by atoms with Crippen LogP contribution in [0.15, 0.2) is 43.0 Å². The Balaban J connectivity index is 3.04. The second-order valence-electron chi connectivity index (χ2n) is 2.34. The van der Waals surface area contributed by atoms with Gasteiger partial charge in [-0.15, -0.1) is 0 Å². The second kappa shape index (κ2) is 4.29. The number of allylic oxidation sites excluding steroid dienone is 2. The van der Waals surface area contributed by atoms with Crippen LogP contribution in [-0.4, -0.2) is 6.29 Å². The van der Waals surface area contributed by atoms with Crippen LogP contribution in [0.1, 0.15) is 15.9 Å². The topological polar surface area (TPSA) is 17.1 Å². The molecular weight excluding hydrogens is 148 g/mol. The van der Waals surface area contributed by atoms with Gasteiger partial charge in [-0.25, -0.2) is 0 Å². The molecule has 0 saturated heterocycles. The van der Waals surface area contributed by atoms with Gasteiger partial charge >= 0.3 is 0 Å². The highest BCUT2D eigenvalue weighted by atomic mass is 16.1. The molecule has 1 rings (SSSR count). The highest BCUT2D eigenvalue weighted by molar-refractivity contribution is 5.81. The number of hydrogen-bond donors (Lipinski definition) is 0. The summed E-state index contributed by atoms with van der Waals surface area (Å²) in [6.45, 7) is 3.56. The van der Waals surface area contributed by atoms with Gasteiger partial charge in [0.15, 0.2) is 6.29 Å². The van der Waals surface area contributed by atoms with E-state index in [1.165, 1.54) is 0 Å². The first-order valence-electron chi connectivity index (χ1n) is 3.72. The third-order valence-electron chi connectivity index (χ3n) is 1.53. The molecule has 60 valence electrons. The van der Waals surface area contributed by atoms with Crippen LogP contribution in [0, 0.1) is 0 Å². The van der Waals surface area contributed by atoms with Crippen molar-refractivity contribution in [1.29, 1.82) is 0 Å². The molecule has 1 aromatic rings. The summed E-state index contributed by atoms with van der Waals surface area (Å²) in [5.41, 5.74) is 1.63. The summed E-state index contributed by atoms with van der Waals surface area (Å²) in [7, 11) is 0. The van der Waals surface area contributed by atoms with E-state index >= 15 is 0 Å². The van der Waals surface area contributed by atoms with Crippen molar-refractivity contribution >= 4 is 12.4 Å². The lowest BCUT2D eigenvalue weighted by molar-refractivity contribution is 0.112. The summed E-state index contributed by atoms with van der Waals surface area (Å²) in [4.78, 5) is 10.5. The molecule has 0 aliphatic carbocycles. The number of carbonyl (C=O) groups excluding carboxylic acids is 1. The van der Waals surface area contributed by atoms with Gasteiger partial charge in [-0.1, -0.05) is 49.1 Å². The molecule has 0 saturated carbocycles. The Morgan fingerprint density at radius 3 is 2.42 bits per heavy atom. The molecule has 0 N–H and O–H groups in total. The summed E-state index contributed by atoms with van der Waals surface area (Å²) in [6, 6.07) is 7.42. The Labute approximate surface area is 72.0 Å². The van der Waals surface area contributed by atoms with Crippen molar-refractivity contribution in [1.82, 2.24) is 0 Å². The van der Waals surface area contributed by atoms with E-state index < -0.39 is 0 Å². The van der Waals surface area contributed by atoms with Crippen LogP contribution in [-0.2, 0) is 0 Å². The molecule has 12 heavy (non-hydrogen) atoms. The normalized spacial score (nSPS) is 10.0. The van der Waals surface area contributed by atoms with E-state index in [9.17, 15) is 4.79 Å². The lowest BCUT2D eigenvalue weighted by Gasteiger charge is -1.95. The zero-order valence-corrected chi connectivity index (χ0v) is 6.73. The number of rotatable bonds is 3. The van der Waals surface area contributed by atoms with Gasteiger partial charge in [-0.2, -0.15) is 0 Å². The molecule has 0 spiro atoms. The van der Waals surface area contributed by atoms with Crippen molar-refractivity contribution in [2.45, 2.75) is 0 Å². The molecule has 0 aliphatic rings. The Hall–Kier alpha value is -1.63. The number of benzene rings is 1. The van der Waals surface area contributed by atoms with Crippen LogP contribution >= 0.6 is 0 Å². The maximum absolute atomic E-state index is 10.5. The Morgan fingerprint density at radius 1 is 1.17 bits per heavy atom. The minimum Gasteiger partial charge on any atom is -0.298 e. The molecule has 1 aromatic carbocycles. The average molecular weight is 158 g/mol. The Morgan fingerprint density at radius 2 is 1.83 bits per heavy atom. The molecule has 0 heterocycles. The Bertz CT molecular complexity index is 311. The maximum Gasteiger partial charge on any atom is 0.150 e. The van der Waals surface area contributed by atoms with Crippen molar-refractivity contribution in [3.05, 3.63) is 54.1 Å². The highest BCUT2D eigenvalue weighted by Gasteiger charge is 1.93. The predicted octanol–water partition coefficient (Wildman–Crippen LogP) is 2.70. The zero-order valence-electron chi connectivity index (χ0n) is 6.73. The first-order chi connectivity index (χ1) is 5.88. The van der Waals surface area contributed by atoms with Crippen LogP contribution in [0.2, 0.25) is 0 Å². The van der Waals surface area contributed by atoms with Crippen LogP contribution in [0.5, 0.6) is 0 Å². The van der Waals surface area contributed by atoms with E-state index in [-0.39, 0.29) is 0 Å². The Kier molecular flexibility index (Phi) is 3.03. The third kappa shape index (κ3) is 1.92. The van der Waals surface area contributed by atoms with E-state index in [0.717, 1.165) is 11.8 Å². The molecule has 0 atom stereocenters. The zero-order chi connectivity index (χ0) is 8.81. The summed E-state index contributed by atoms with van der Waals surface area (Å²) in [6.07, 6.45) is 6.20. The van der Waals surface area contributed by atoms with Crippen molar-refractivity contribution in [3.8, 4) is 0 Å². The molecule has 0 fully saturated rings. The van der Waals surface area contributed by atoms with Crippen molar-refractivity contribution < 1.29 is 4.79 Å². The van der Waals surface area contributed by atoms with Gasteiger partial charge in [0.25, 0.3) is 0 Å². The third-order valence-corrected chi connectivity index (χ3v) is 1.53. The van der Waals surface area contributed by atoms with Gasteiger partial charge < -0.3 is 0 Å². The molecule has 0 aromatic heterocycles. The molecule has 0 unspecified atom stereocenters. The van der Waals surface area contributed by atoms with E-state index in [2.05, 4.69) is 6.58 Å². The quantitative estimate of drug-likeness (QED) is 0.488. The van der Waals surface area contributed by atoms with Crippen LogP contribution in [0.3, 0.4) is 0 Å². The van der Waals surface area contributed by atoms with Crippen LogP contribution < -0.4 is 0 Å². The molecule has 0 aliphatic heterocycles. The fourth-order valence-corrected chi connectivity index (χ4v) is 0.942. The van der Waals surface area contributed by atoms with Gasteiger partial charge in [0.1, 0.15) is 0 Å². The number of hydrogen-bond acceptors (Lipinski definition) is 1. The maximum atomic E-state index is 10.5. The van der Waals surface area contributed by atoms with Gasteiger partial charge in [-0.3, -0.25) is 4.79 Å². The minimum atomic E-state index is 0.704. The van der Waals surface area contributed by atoms with Crippen LogP contribution in [0.4, 0.5) is 0 Å². The van der Waals surface area contributed by atoms with E-state index in [0.29, 0.717) is 5.56 Å². The van der Waals surface area contributed by atoms with Gasteiger partial charge in [-0.05, 0) is 5.56 Å². The van der Waals surface area contributed by atoms with E-state index in [4.69, 9.17) is 0 Å². The summed E-state index contributed by atoms with van der Waals surface area (Å²) < 4.78 is 0. The lowest BCUT2D eigenvalue weighted by atomic mass is 10.1. The van der Waals surface area contributed by atoms with Gasteiger partial charge in [0.05, 0.1) is 0 Å². The highest BCUT2D eigenvalue weighted by Crippen LogP contribution is 2.07. The van der Waals surface area contributed by atoms with Crippen molar-refractivity contribution in [2.24, 2.45) is 0 Å². The number of aldehydes is 1.